The topological polar surface area (TPSA) is 0 Å². The zero-order chi connectivity index (χ0) is 19.7. The molecular formula is C24H36SiSn. The summed E-state index contributed by atoms with van der Waals surface area (Å²) in [7, 11) is -1.72. The van der Waals surface area contributed by atoms with Crippen LogP contribution < -0.4 is 3.58 Å². The van der Waals surface area contributed by atoms with Crippen molar-refractivity contribution >= 4 is 40.8 Å². The molecule has 0 N–H and O–H groups in total. The van der Waals surface area contributed by atoms with E-state index < -0.39 is 26.5 Å². The summed E-state index contributed by atoms with van der Waals surface area (Å²) in [6, 6.07) is 13.5. The predicted molar refractivity (Wildman–Crippen MR) is 125 cm³/mol. The Balaban J connectivity index is 2.81. The van der Waals surface area contributed by atoms with Crippen LogP contribution in [0.3, 0.4) is 0 Å². The standard InChI is InChI=1S/C21H27Si.3CH3.Sn/c1-16(2)22(17(3)4,18(5)6)15-14-20-12-9-11-19-10-7-8-13-21(19)20;;;;/h7-11,13,16-18H,1-6H3;3*1H3;. The van der Waals surface area contributed by atoms with Gasteiger partial charge in [0.2, 0.25) is 0 Å². The normalized spacial score (nSPS) is 12.8. The van der Waals surface area contributed by atoms with Crippen LogP contribution in [0.15, 0.2) is 36.4 Å². The molecule has 0 heterocycles. The van der Waals surface area contributed by atoms with Crippen LogP contribution in [0, 0.1) is 11.5 Å². The van der Waals surface area contributed by atoms with E-state index in [2.05, 4.69) is 104 Å². The van der Waals surface area contributed by atoms with Gasteiger partial charge in [0.05, 0.1) is 0 Å². The van der Waals surface area contributed by atoms with Crippen LogP contribution in [0.2, 0.25) is 31.4 Å². The van der Waals surface area contributed by atoms with Gasteiger partial charge in [-0.1, -0.05) is 0 Å². The van der Waals surface area contributed by atoms with Crippen LogP contribution in [0.4, 0.5) is 0 Å². The first kappa shape index (κ1) is 21.6. The first-order valence-corrected chi connectivity index (χ1v) is 22.3. The van der Waals surface area contributed by atoms with Gasteiger partial charge in [-0.2, -0.15) is 0 Å². The first-order chi connectivity index (χ1) is 12.0. The second-order valence-corrected chi connectivity index (χ2v) is 29.6. The molecule has 140 valence electrons. The molecule has 2 rings (SSSR count). The Kier molecular flexibility index (Phi) is 6.73. The molecule has 0 atom stereocenters. The van der Waals surface area contributed by atoms with E-state index in [0.29, 0.717) is 16.6 Å². The maximum absolute atomic E-state index is 3.98. The molecule has 0 nitrogen and oxygen atoms in total. The Bertz CT molecular complexity index is 807. The molecule has 2 heteroatoms. The van der Waals surface area contributed by atoms with Gasteiger partial charge >= 0.3 is 167 Å². The van der Waals surface area contributed by atoms with E-state index in [-0.39, 0.29) is 0 Å². The minimum atomic E-state index is -2.25. The second-order valence-electron chi connectivity index (χ2n) is 9.61. The first-order valence-electron chi connectivity index (χ1n) is 10.1. The van der Waals surface area contributed by atoms with Crippen LogP contribution in [0.1, 0.15) is 47.1 Å². The van der Waals surface area contributed by atoms with Gasteiger partial charge in [-0.3, -0.25) is 0 Å². The average Bonchev–Trinajstić information content (AvgIpc) is 2.53. The second kappa shape index (κ2) is 8.11. The fourth-order valence-electron chi connectivity index (χ4n) is 4.63. The van der Waals surface area contributed by atoms with E-state index in [9.17, 15) is 0 Å². The van der Waals surface area contributed by atoms with Crippen molar-refractivity contribution < 1.29 is 0 Å². The SMILES string of the molecule is CC(C)[Si](C#Cc1[c]([Sn]([CH3])([CH3])[CH3])ccc2ccccc12)(C(C)C)C(C)C. The summed E-state index contributed by atoms with van der Waals surface area (Å²) in [6.45, 7) is 14.4. The third kappa shape index (κ3) is 4.07. The van der Waals surface area contributed by atoms with E-state index in [1.807, 2.05) is 0 Å². The molecular weight excluding hydrogens is 435 g/mol. The van der Waals surface area contributed by atoms with Crippen LogP contribution >= 0.6 is 0 Å². The third-order valence-corrected chi connectivity index (χ3v) is 18.1. The molecule has 0 aliphatic rings. The molecule has 0 spiro atoms. The van der Waals surface area contributed by atoms with E-state index in [4.69, 9.17) is 0 Å². The minimum absolute atomic E-state index is 0.673. The van der Waals surface area contributed by atoms with Gasteiger partial charge in [-0.05, 0) is 0 Å². The summed E-state index contributed by atoms with van der Waals surface area (Å²) in [6.07, 6.45) is 0. The number of rotatable bonds is 4. The van der Waals surface area contributed by atoms with Crippen LogP contribution in [0.5, 0.6) is 0 Å². The molecule has 0 aliphatic heterocycles. The van der Waals surface area contributed by atoms with Gasteiger partial charge in [0.15, 0.2) is 0 Å². The summed E-state index contributed by atoms with van der Waals surface area (Å²) >= 11 is -2.25. The molecule has 0 saturated carbocycles. The predicted octanol–water partition coefficient (Wildman–Crippen LogP) is 6.95. The van der Waals surface area contributed by atoms with Crippen molar-refractivity contribution in [2.75, 3.05) is 0 Å². The van der Waals surface area contributed by atoms with E-state index in [1.54, 1.807) is 3.58 Å². The van der Waals surface area contributed by atoms with Crippen molar-refractivity contribution in [1.29, 1.82) is 0 Å². The summed E-state index contributed by atoms with van der Waals surface area (Å²) in [5.74, 6) is 3.81. The van der Waals surface area contributed by atoms with Gasteiger partial charge < -0.3 is 0 Å². The number of benzene rings is 2. The Morgan fingerprint density at radius 3 is 1.81 bits per heavy atom. The zero-order valence-electron chi connectivity index (χ0n) is 18.2. The van der Waals surface area contributed by atoms with Crippen molar-refractivity contribution in [3.05, 3.63) is 42.0 Å². The van der Waals surface area contributed by atoms with Gasteiger partial charge in [0.1, 0.15) is 0 Å². The summed E-state index contributed by atoms with van der Waals surface area (Å²) in [5.41, 5.74) is 7.33. The van der Waals surface area contributed by atoms with Gasteiger partial charge in [-0.25, -0.2) is 0 Å². The van der Waals surface area contributed by atoms with Crippen molar-refractivity contribution in [2.24, 2.45) is 0 Å². The van der Waals surface area contributed by atoms with Crippen molar-refractivity contribution in [3.63, 3.8) is 0 Å². The molecule has 26 heavy (non-hydrogen) atoms. The van der Waals surface area contributed by atoms with Gasteiger partial charge in [0.25, 0.3) is 0 Å². The number of fused-ring (bicyclic) bond motifs is 1. The van der Waals surface area contributed by atoms with Crippen molar-refractivity contribution in [1.82, 2.24) is 0 Å². The Hall–Kier alpha value is -0.724. The third-order valence-electron chi connectivity index (χ3n) is 6.01. The molecule has 0 bridgehead atoms. The quantitative estimate of drug-likeness (QED) is 0.334. The Morgan fingerprint density at radius 2 is 1.31 bits per heavy atom. The van der Waals surface area contributed by atoms with E-state index >= 15 is 0 Å². The molecule has 0 saturated heterocycles. The Labute approximate surface area is 166 Å². The molecule has 2 aromatic rings. The van der Waals surface area contributed by atoms with Crippen molar-refractivity contribution in [2.45, 2.75) is 73.0 Å². The fraction of sp³-hybridized carbons (Fsp3) is 0.500. The molecule has 0 aliphatic carbocycles. The average molecular weight is 471 g/mol. The summed E-state index contributed by atoms with van der Waals surface area (Å²) < 4.78 is 1.57. The molecule has 0 unspecified atom stereocenters. The van der Waals surface area contributed by atoms with Gasteiger partial charge in [-0.15, -0.1) is 0 Å². The maximum atomic E-state index is 3.98. The molecule has 0 fully saturated rings. The number of hydrogen-bond donors (Lipinski definition) is 0. The molecule has 0 amide bonds. The summed E-state index contributed by atoms with van der Waals surface area (Å²) in [4.78, 5) is 7.51. The van der Waals surface area contributed by atoms with Crippen LogP contribution in [-0.2, 0) is 0 Å². The van der Waals surface area contributed by atoms with Crippen LogP contribution in [0.25, 0.3) is 10.8 Å². The van der Waals surface area contributed by atoms with Crippen LogP contribution in [-0.4, -0.2) is 26.5 Å². The summed E-state index contributed by atoms with van der Waals surface area (Å²) in [5, 5.41) is 2.67. The monoisotopic (exact) mass is 472 g/mol. The number of hydrogen-bond acceptors (Lipinski definition) is 0. The van der Waals surface area contributed by atoms with E-state index in [0.717, 1.165) is 0 Å². The molecule has 2 aromatic carbocycles. The van der Waals surface area contributed by atoms with E-state index in [1.165, 1.54) is 16.3 Å². The molecule has 0 radical (unpaired) electrons. The van der Waals surface area contributed by atoms with Crippen molar-refractivity contribution in [3.8, 4) is 11.5 Å². The van der Waals surface area contributed by atoms with Gasteiger partial charge in [0, 0.05) is 0 Å². The zero-order valence-corrected chi connectivity index (χ0v) is 22.1. The fourth-order valence-corrected chi connectivity index (χ4v) is 14.2. The Morgan fingerprint density at radius 1 is 0.769 bits per heavy atom. The molecule has 0 aromatic heterocycles.